The molecule has 3 rings (SSSR count). The third-order valence-corrected chi connectivity index (χ3v) is 7.24. The second-order valence-corrected chi connectivity index (χ2v) is 9.58. The average Bonchev–Trinajstić information content (AvgIpc) is 2.94. The molecule has 2 N–H and O–H groups in total. The first-order chi connectivity index (χ1) is 18.3. The number of methoxy groups -OCH3 is 4. The van der Waals surface area contributed by atoms with Crippen molar-refractivity contribution in [2.24, 2.45) is 11.8 Å². The number of hydrogen-bond acceptors (Lipinski definition) is 10. The molecule has 2 unspecified atom stereocenters. The molecule has 0 aliphatic heterocycles. The maximum absolute atomic E-state index is 12.3. The van der Waals surface area contributed by atoms with E-state index in [0.29, 0.717) is 36.8 Å². The summed E-state index contributed by atoms with van der Waals surface area (Å²) < 4.78 is 19.4. The summed E-state index contributed by atoms with van der Waals surface area (Å²) in [5.74, 6) is -4.69. The van der Waals surface area contributed by atoms with E-state index in [4.69, 9.17) is 18.9 Å². The summed E-state index contributed by atoms with van der Waals surface area (Å²) in [5.41, 5.74) is 3.03. The van der Waals surface area contributed by atoms with Crippen molar-refractivity contribution in [2.75, 3.05) is 28.4 Å². The van der Waals surface area contributed by atoms with Crippen molar-refractivity contribution < 1.29 is 38.1 Å². The van der Waals surface area contributed by atoms with Gasteiger partial charge in [-0.05, 0) is 61.8 Å². The fourth-order valence-corrected chi connectivity index (χ4v) is 5.28. The van der Waals surface area contributed by atoms with E-state index in [2.05, 4.69) is 22.8 Å². The van der Waals surface area contributed by atoms with Gasteiger partial charge in [0.05, 0.1) is 28.4 Å². The predicted molar refractivity (Wildman–Crippen MR) is 138 cm³/mol. The Hall–Kier alpha value is -3.56. The molecule has 1 saturated carbocycles. The van der Waals surface area contributed by atoms with Crippen LogP contribution in [0.2, 0.25) is 0 Å². The first-order valence-corrected chi connectivity index (χ1v) is 13.0. The van der Waals surface area contributed by atoms with Crippen molar-refractivity contribution >= 4 is 23.9 Å². The zero-order valence-electron chi connectivity index (χ0n) is 22.5. The lowest BCUT2D eigenvalue weighted by molar-refractivity contribution is -0.158. The van der Waals surface area contributed by atoms with Crippen LogP contribution in [0.5, 0.6) is 0 Å². The van der Waals surface area contributed by atoms with Gasteiger partial charge in [-0.3, -0.25) is 19.2 Å². The maximum atomic E-state index is 12.3. The van der Waals surface area contributed by atoms with Crippen LogP contribution in [0, 0.1) is 11.8 Å². The molecule has 3 aliphatic rings. The van der Waals surface area contributed by atoms with Crippen molar-refractivity contribution in [3.63, 3.8) is 0 Å². The third-order valence-electron chi connectivity index (χ3n) is 7.24. The Morgan fingerprint density at radius 3 is 1.32 bits per heavy atom. The molecule has 3 aliphatic carbocycles. The zero-order valence-corrected chi connectivity index (χ0v) is 22.5. The van der Waals surface area contributed by atoms with Crippen LogP contribution in [0.25, 0.3) is 0 Å². The topological polar surface area (TPSA) is 129 Å². The molecule has 1 fully saturated rings. The van der Waals surface area contributed by atoms with Crippen LogP contribution in [-0.4, -0.2) is 64.4 Å². The van der Waals surface area contributed by atoms with Crippen LogP contribution in [0.3, 0.4) is 0 Å². The van der Waals surface area contributed by atoms with E-state index >= 15 is 0 Å². The Balaban J connectivity index is 1.75. The zero-order chi connectivity index (χ0) is 27.7. The minimum absolute atomic E-state index is 0.0944. The highest BCUT2D eigenvalue weighted by Gasteiger charge is 2.35. The van der Waals surface area contributed by atoms with Crippen molar-refractivity contribution in [1.29, 1.82) is 0 Å². The van der Waals surface area contributed by atoms with E-state index in [0.717, 1.165) is 37.1 Å². The van der Waals surface area contributed by atoms with Gasteiger partial charge in [0.25, 0.3) is 0 Å². The molecule has 10 heteroatoms. The Kier molecular flexibility index (Phi) is 10.6. The van der Waals surface area contributed by atoms with Crippen LogP contribution in [0.1, 0.15) is 51.4 Å². The highest BCUT2D eigenvalue weighted by Crippen LogP contribution is 2.29. The van der Waals surface area contributed by atoms with Crippen molar-refractivity contribution in [3.05, 3.63) is 46.8 Å². The molecular weight excluding hydrogens is 492 g/mol. The third kappa shape index (κ3) is 7.05. The van der Waals surface area contributed by atoms with Gasteiger partial charge >= 0.3 is 23.9 Å². The number of esters is 4. The lowest BCUT2D eigenvalue weighted by Gasteiger charge is -2.36. The summed E-state index contributed by atoms with van der Waals surface area (Å²) in [6.45, 7) is 0. The predicted octanol–water partition coefficient (Wildman–Crippen LogP) is 2.61. The fraction of sp³-hybridized carbons (Fsp3) is 0.571. The summed E-state index contributed by atoms with van der Waals surface area (Å²) in [7, 11) is 5.03. The normalized spacial score (nSPS) is 21.3. The molecule has 10 nitrogen and oxygen atoms in total. The van der Waals surface area contributed by atoms with E-state index in [1.807, 2.05) is 12.2 Å². The van der Waals surface area contributed by atoms with Crippen molar-refractivity contribution in [3.8, 4) is 0 Å². The Bertz CT molecular complexity index is 927. The molecule has 2 atom stereocenters. The van der Waals surface area contributed by atoms with E-state index in [-0.39, 0.29) is 12.1 Å². The standard InChI is InChI=1S/C28H38N2O8/c1-35-25(31)23(26(32)36-2)17-9-7-11-19(15-17)29-21-13-5-6-14-22(21)30-20-12-8-10-18(16-20)24(27(33)37-3)28(34)38-4/h11-12,15-16,21-24,29-30H,5-10,13-14H2,1-4H3. The quantitative estimate of drug-likeness (QED) is 0.247. The smallest absolute Gasteiger partial charge is 0.324 e. The van der Waals surface area contributed by atoms with Crippen LogP contribution < -0.4 is 10.6 Å². The molecule has 0 aromatic carbocycles. The van der Waals surface area contributed by atoms with E-state index in [9.17, 15) is 19.2 Å². The molecule has 0 heterocycles. The number of nitrogens with one attached hydrogen (secondary N) is 2. The maximum Gasteiger partial charge on any atom is 0.324 e. The van der Waals surface area contributed by atoms with Gasteiger partial charge in [-0.2, -0.15) is 0 Å². The lowest BCUT2D eigenvalue weighted by Crippen LogP contribution is -2.49. The summed E-state index contributed by atoms with van der Waals surface area (Å²) in [6.07, 6.45) is 14.3. The number of hydrogen-bond donors (Lipinski definition) is 2. The minimum Gasteiger partial charge on any atom is -0.468 e. The van der Waals surface area contributed by atoms with Gasteiger partial charge in [0, 0.05) is 23.5 Å². The number of rotatable bonds is 10. The van der Waals surface area contributed by atoms with Gasteiger partial charge < -0.3 is 29.6 Å². The van der Waals surface area contributed by atoms with Crippen LogP contribution >= 0.6 is 0 Å². The summed E-state index contributed by atoms with van der Waals surface area (Å²) in [5, 5.41) is 7.21. The average molecular weight is 531 g/mol. The molecule has 0 aromatic rings. The molecule has 0 amide bonds. The molecule has 38 heavy (non-hydrogen) atoms. The SMILES string of the molecule is COC(=O)C(C(=O)OC)C1=CC(NC2CCCCC2NC2=CCCC(C(C(=O)OC)C(=O)OC)=C2)=CCC1. The van der Waals surface area contributed by atoms with Gasteiger partial charge in [0.2, 0.25) is 0 Å². The summed E-state index contributed by atoms with van der Waals surface area (Å²) in [4.78, 5) is 49.2. The van der Waals surface area contributed by atoms with Crippen molar-refractivity contribution in [2.45, 2.75) is 63.5 Å². The highest BCUT2D eigenvalue weighted by atomic mass is 16.5. The van der Waals surface area contributed by atoms with E-state index in [1.54, 1.807) is 0 Å². The molecule has 0 spiro atoms. The number of ether oxygens (including phenoxy) is 4. The largest absolute Gasteiger partial charge is 0.468 e. The van der Waals surface area contributed by atoms with Crippen LogP contribution in [-0.2, 0) is 38.1 Å². The molecule has 0 radical (unpaired) electrons. The summed E-state index contributed by atoms with van der Waals surface area (Å²) >= 11 is 0. The van der Waals surface area contributed by atoms with Crippen molar-refractivity contribution in [1.82, 2.24) is 10.6 Å². The van der Waals surface area contributed by atoms with Gasteiger partial charge in [0.1, 0.15) is 0 Å². The Morgan fingerprint density at radius 1 is 0.658 bits per heavy atom. The van der Waals surface area contributed by atoms with Crippen LogP contribution in [0.15, 0.2) is 46.8 Å². The van der Waals surface area contributed by atoms with Gasteiger partial charge in [0.15, 0.2) is 11.8 Å². The number of carbonyl (C=O) groups is 4. The second-order valence-electron chi connectivity index (χ2n) is 9.58. The van der Waals surface area contributed by atoms with Crippen LogP contribution in [0.4, 0.5) is 0 Å². The summed E-state index contributed by atoms with van der Waals surface area (Å²) in [6, 6.07) is 0.189. The van der Waals surface area contributed by atoms with Gasteiger partial charge in [-0.25, -0.2) is 0 Å². The first-order valence-electron chi connectivity index (χ1n) is 13.0. The van der Waals surface area contributed by atoms with Gasteiger partial charge in [-0.15, -0.1) is 0 Å². The monoisotopic (exact) mass is 530 g/mol. The highest BCUT2D eigenvalue weighted by molar-refractivity contribution is 5.98. The lowest BCUT2D eigenvalue weighted by atomic mass is 9.87. The first kappa shape index (κ1) is 29.0. The molecule has 0 aromatic heterocycles. The molecular formula is C28H38N2O8. The Labute approximate surface area is 223 Å². The molecule has 208 valence electrons. The number of allylic oxidation sites excluding steroid dienone is 4. The molecule has 0 saturated heterocycles. The van der Waals surface area contributed by atoms with E-state index in [1.165, 1.54) is 28.4 Å². The van der Waals surface area contributed by atoms with Gasteiger partial charge in [-0.1, -0.05) is 25.0 Å². The fourth-order valence-electron chi connectivity index (χ4n) is 5.28. The second kappa shape index (κ2) is 13.8. The Morgan fingerprint density at radius 2 is 1.00 bits per heavy atom. The number of carbonyl (C=O) groups excluding carboxylic acids is 4. The molecule has 0 bridgehead atoms. The minimum atomic E-state index is -1.08. The van der Waals surface area contributed by atoms with E-state index < -0.39 is 35.7 Å².